The van der Waals surface area contributed by atoms with E-state index in [0.29, 0.717) is 13.0 Å². The van der Waals surface area contributed by atoms with Gasteiger partial charge in [0.25, 0.3) is 0 Å². The molecule has 1 aromatic rings. The monoisotopic (exact) mass is 250 g/mol. The summed E-state index contributed by atoms with van der Waals surface area (Å²) >= 11 is 0. The molecule has 1 amide bonds. The number of carbonyl (C=O) groups is 1. The number of methoxy groups -OCH3 is 1. The predicted molar refractivity (Wildman–Crippen MR) is 72.4 cm³/mol. The van der Waals surface area contributed by atoms with Crippen LogP contribution in [0.15, 0.2) is 24.3 Å². The number of benzene rings is 1. The van der Waals surface area contributed by atoms with E-state index < -0.39 is 0 Å². The third kappa shape index (κ3) is 4.04. The zero-order valence-electron chi connectivity index (χ0n) is 11.3. The van der Waals surface area contributed by atoms with Crippen molar-refractivity contribution in [2.75, 3.05) is 13.7 Å². The Morgan fingerprint density at radius 3 is 2.44 bits per heavy atom. The van der Waals surface area contributed by atoms with Gasteiger partial charge in [-0.1, -0.05) is 19.1 Å². The molecule has 0 bridgehead atoms. The Hall–Kier alpha value is -1.55. The fraction of sp³-hybridized carbons (Fsp3) is 0.500. The van der Waals surface area contributed by atoms with Crippen LogP contribution in [0.1, 0.15) is 31.9 Å². The van der Waals surface area contributed by atoms with Crippen molar-refractivity contribution in [3.8, 4) is 5.75 Å². The first kappa shape index (κ1) is 14.5. The molecule has 4 nitrogen and oxygen atoms in total. The quantitative estimate of drug-likeness (QED) is 0.810. The molecule has 4 heteroatoms. The Balaban J connectivity index is 2.58. The minimum absolute atomic E-state index is 0.0105. The van der Waals surface area contributed by atoms with Crippen molar-refractivity contribution >= 4 is 5.91 Å². The molecule has 2 atom stereocenters. The summed E-state index contributed by atoms with van der Waals surface area (Å²) in [6.07, 6.45) is 0.709. The van der Waals surface area contributed by atoms with Gasteiger partial charge in [-0.15, -0.1) is 0 Å². The van der Waals surface area contributed by atoms with Crippen LogP contribution >= 0.6 is 0 Å². The smallest absolute Gasteiger partial charge is 0.223 e. The first-order valence-corrected chi connectivity index (χ1v) is 6.23. The van der Waals surface area contributed by atoms with Crippen LogP contribution in [-0.4, -0.2) is 19.6 Å². The molecule has 1 rings (SSSR count). The first-order chi connectivity index (χ1) is 8.58. The molecule has 0 radical (unpaired) electrons. The van der Waals surface area contributed by atoms with Gasteiger partial charge in [0.05, 0.1) is 13.2 Å². The molecule has 0 aromatic heterocycles. The standard InChI is InChI=1S/C14H22N2O2/c1-10(8-9-15)14(17)16-11(2)12-4-6-13(18-3)7-5-12/h4-7,10-11H,8-9,15H2,1-3H3,(H,16,17)/t10?,11-/m1/s1. The van der Waals surface area contributed by atoms with Crippen LogP contribution in [-0.2, 0) is 4.79 Å². The Bertz CT molecular complexity index is 376. The highest BCUT2D eigenvalue weighted by molar-refractivity contribution is 5.78. The predicted octanol–water partition coefficient (Wildman–Crippen LogP) is 1.86. The van der Waals surface area contributed by atoms with Gasteiger partial charge in [-0.25, -0.2) is 0 Å². The summed E-state index contributed by atoms with van der Waals surface area (Å²) in [7, 11) is 1.63. The number of rotatable bonds is 6. The summed E-state index contributed by atoms with van der Waals surface area (Å²) in [4.78, 5) is 11.8. The van der Waals surface area contributed by atoms with Crippen LogP contribution in [0.2, 0.25) is 0 Å². The SMILES string of the molecule is COc1ccc([C@@H](C)NC(=O)C(C)CCN)cc1. The normalized spacial score (nSPS) is 13.8. The van der Waals surface area contributed by atoms with Gasteiger partial charge in [-0.2, -0.15) is 0 Å². The lowest BCUT2D eigenvalue weighted by atomic mass is 10.0. The van der Waals surface area contributed by atoms with E-state index >= 15 is 0 Å². The van der Waals surface area contributed by atoms with E-state index in [4.69, 9.17) is 10.5 Å². The number of nitrogens with one attached hydrogen (secondary N) is 1. The highest BCUT2D eigenvalue weighted by atomic mass is 16.5. The molecule has 100 valence electrons. The molecule has 1 aromatic carbocycles. The topological polar surface area (TPSA) is 64.3 Å². The number of hydrogen-bond acceptors (Lipinski definition) is 3. The minimum atomic E-state index is -0.0456. The van der Waals surface area contributed by atoms with Crippen molar-refractivity contribution in [3.63, 3.8) is 0 Å². The number of nitrogens with two attached hydrogens (primary N) is 1. The fourth-order valence-corrected chi connectivity index (χ4v) is 1.71. The summed E-state index contributed by atoms with van der Waals surface area (Å²) in [5.74, 6) is 0.813. The van der Waals surface area contributed by atoms with Gasteiger partial charge in [0.1, 0.15) is 5.75 Å². The van der Waals surface area contributed by atoms with Crippen LogP contribution in [0.25, 0.3) is 0 Å². The van der Waals surface area contributed by atoms with Crippen LogP contribution in [0.4, 0.5) is 0 Å². The average Bonchev–Trinajstić information content (AvgIpc) is 2.39. The van der Waals surface area contributed by atoms with Crippen molar-refractivity contribution in [2.45, 2.75) is 26.3 Å². The summed E-state index contributed by atoms with van der Waals surface area (Å²) in [6.45, 7) is 4.39. The van der Waals surface area contributed by atoms with Crippen LogP contribution in [0.3, 0.4) is 0 Å². The lowest BCUT2D eigenvalue weighted by Gasteiger charge is -2.17. The number of carbonyl (C=O) groups excluding carboxylic acids is 1. The molecule has 18 heavy (non-hydrogen) atoms. The van der Waals surface area contributed by atoms with Crippen LogP contribution < -0.4 is 15.8 Å². The van der Waals surface area contributed by atoms with Gasteiger partial charge in [-0.3, -0.25) is 4.79 Å². The van der Waals surface area contributed by atoms with Crippen molar-refractivity contribution in [1.29, 1.82) is 0 Å². The first-order valence-electron chi connectivity index (χ1n) is 6.23. The van der Waals surface area contributed by atoms with E-state index in [1.54, 1.807) is 7.11 Å². The van der Waals surface area contributed by atoms with Crippen molar-refractivity contribution in [2.24, 2.45) is 11.7 Å². The molecule has 1 unspecified atom stereocenters. The van der Waals surface area contributed by atoms with Crippen LogP contribution in [0, 0.1) is 5.92 Å². The molecule has 0 heterocycles. The molecule has 0 aliphatic rings. The summed E-state index contributed by atoms with van der Waals surface area (Å²) in [5.41, 5.74) is 6.51. The van der Waals surface area contributed by atoms with E-state index in [-0.39, 0.29) is 17.9 Å². The fourth-order valence-electron chi connectivity index (χ4n) is 1.71. The van der Waals surface area contributed by atoms with E-state index in [0.717, 1.165) is 11.3 Å². The van der Waals surface area contributed by atoms with Crippen molar-refractivity contribution in [1.82, 2.24) is 5.32 Å². The molecule has 0 aliphatic carbocycles. The van der Waals surface area contributed by atoms with Crippen molar-refractivity contribution < 1.29 is 9.53 Å². The van der Waals surface area contributed by atoms with Crippen molar-refractivity contribution in [3.05, 3.63) is 29.8 Å². The van der Waals surface area contributed by atoms with Gasteiger partial charge in [0.2, 0.25) is 5.91 Å². The summed E-state index contributed by atoms with van der Waals surface area (Å²) in [5, 5.41) is 2.98. The average molecular weight is 250 g/mol. The largest absolute Gasteiger partial charge is 0.497 e. The van der Waals surface area contributed by atoms with Crippen LogP contribution in [0.5, 0.6) is 5.75 Å². The lowest BCUT2D eigenvalue weighted by Crippen LogP contribution is -2.32. The summed E-state index contributed by atoms with van der Waals surface area (Å²) < 4.78 is 5.10. The van der Waals surface area contributed by atoms with E-state index in [2.05, 4.69) is 5.32 Å². The second-order valence-corrected chi connectivity index (χ2v) is 4.48. The highest BCUT2D eigenvalue weighted by Crippen LogP contribution is 2.17. The molecular weight excluding hydrogens is 228 g/mol. The third-order valence-corrected chi connectivity index (χ3v) is 3.02. The van der Waals surface area contributed by atoms with Gasteiger partial charge >= 0.3 is 0 Å². The van der Waals surface area contributed by atoms with Gasteiger partial charge < -0.3 is 15.8 Å². The Morgan fingerprint density at radius 1 is 1.33 bits per heavy atom. The molecule has 0 saturated heterocycles. The molecular formula is C14H22N2O2. The lowest BCUT2D eigenvalue weighted by molar-refractivity contribution is -0.125. The Morgan fingerprint density at radius 2 is 1.94 bits per heavy atom. The van der Waals surface area contributed by atoms with E-state index in [9.17, 15) is 4.79 Å². The Kier molecular flexibility index (Phi) is 5.65. The third-order valence-electron chi connectivity index (χ3n) is 3.02. The van der Waals surface area contributed by atoms with E-state index in [1.165, 1.54) is 0 Å². The maximum Gasteiger partial charge on any atom is 0.223 e. The Labute approximate surface area is 109 Å². The second kappa shape index (κ2) is 7.01. The maximum atomic E-state index is 11.8. The number of hydrogen-bond donors (Lipinski definition) is 2. The number of ether oxygens (including phenoxy) is 1. The zero-order valence-corrected chi connectivity index (χ0v) is 11.3. The molecule has 0 fully saturated rings. The summed E-state index contributed by atoms with van der Waals surface area (Å²) in [6, 6.07) is 7.68. The highest BCUT2D eigenvalue weighted by Gasteiger charge is 2.15. The zero-order chi connectivity index (χ0) is 13.5. The molecule has 0 saturated carbocycles. The van der Waals surface area contributed by atoms with E-state index in [1.807, 2.05) is 38.1 Å². The van der Waals surface area contributed by atoms with Gasteiger partial charge in [-0.05, 0) is 37.6 Å². The second-order valence-electron chi connectivity index (χ2n) is 4.48. The molecule has 0 spiro atoms. The van der Waals surface area contributed by atoms with Gasteiger partial charge in [0, 0.05) is 5.92 Å². The maximum absolute atomic E-state index is 11.8. The minimum Gasteiger partial charge on any atom is -0.497 e. The van der Waals surface area contributed by atoms with Gasteiger partial charge in [0.15, 0.2) is 0 Å². The molecule has 3 N–H and O–H groups in total. The number of amides is 1. The molecule has 0 aliphatic heterocycles.